The first-order chi connectivity index (χ1) is 14.0. The molecule has 0 saturated heterocycles. The molecule has 0 aromatic heterocycles. The molecule has 4 heteroatoms. The molecule has 0 spiro atoms. The van der Waals surface area contributed by atoms with E-state index in [4.69, 9.17) is 4.74 Å². The molecule has 0 fully saturated rings. The lowest BCUT2D eigenvalue weighted by molar-refractivity contribution is 0.0955. The third kappa shape index (κ3) is 5.79. The summed E-state index contributed by atoms with van der Waals surface area (Å²) in [7, 11) is 0. The predicted molar refractivity (Wildman–Crippen MR) is 118 cm³/mol. The SMILES string of the molecule is CC(=NNC(=O)c1ccc(OCC(C)C)cc1)c1ccc(-c2ccccc2)cc1. The number of benzene rings is 3. The number of hydrogen-bond acceptors (Lipinski definition) is 3. The maximum absolute atomic E-state index is 12.3. The summed E-state index contributed by atoms with van der Waals surface area (Å²) >= 11 is 0. The third-order valence-electron chi connectivity index (χ3n) is 4.43. The van der Waals surface area contributed by atoms with Gasteiger partial charge in [-0.1, -0.05) is 68.4 Å². The molecule has 0 bridgehead atoms. The van der Waals surface area contributed by atoms with E-state index in [1.165, 1.54) is 5.56 Å². The van der Waals surface area contributed by atoms with Crippen molar-refractivity contribution in [3.63, 3.8) is 0 Å². The van der Waals surface area contributed by atoms with Crippen LogP contribution in [0.25, 0.3) is 11.1 Å². The summed E-state index contributed by atoms with van der Waals surface area (Å²) in [5.74, 6) is 0.964. The molecule has 0 aliphatic rings. The number of ether oxygens (including phenoxy) is 1. The van der Waals surface area contributed by atoms with Crippen molar-refractivity contribution in [1.29, 1.82) is 0 Å². The van der Waals surface area contributed by atoms with Gasteiger partial charge in [0.2, 0.25) is 0 Å². The Balaban J connectivity index is 1.61. The van der Waals surface area contributed by atoms with Crippen LogP contribution in [0.2, 0.25) is 0 Å². The summed E-state index contributed by atoms with van der Waals surface area (Å²) in [4.78, 5) is 12.3. The largest absolute Gasteiger partial charge is 0.493 e. The minimum absolute atomic E-state index is 0.249. The zero-order valence-electron chi connectivity index (χ0n) is 17.1. The molecule has 29 heavy (non-hydrogen) atoms. The van der Waals surface area contributed by atoms with E-state index >= 15 is 0 Å². The summed E-state index contributed by atoms with van der Waals surface area (Å²) in [5.41, 5.74) is 7.18. The third-order valence-corrected chi connectivity index (χ3v) is 4.43. The van der Waals surface area contributed by atoms with E-state index < -0.39 is 0 Å². The van der Waals surface area contributed by atoms with Gasteiger partial charge in [-0.3, -0.25) is 4.79 Å². The molecule has 0 aliphatic carbocycles. The number of amides is 1. The van der Waals surface area contributed by atoms with Crippen LogP contribution in [-0.4, -0.2) is 18.2 Å². The van der Waals surface area contributed by atoms with Crippen LogP contribution >= 0.6 is 0 Å². The van der Waals surface area contributed by atoms with Gasteiger partial charge in [0.15, 0.2) is 0 Å². The maximum atomic E-state index is 12.3. The van der Waals surface area contributed by atoms with Gasteiger partial charge in [0.1, 0.15) is 5.75 Å². The van der Waals surface area contributed by atoms with Gasteiger partial charge in [-0.15, -0.1) is 0 Å². The van der Waals surface area contributed by atoms with Gasteiger partial charge in [0, 0.05) is 5.56 Å². The molecule has 0 radical (unpaired) electrons. The standard InChI is InChI=1S/C25H26N2O2/c1-18(2)17-29-24-15-13-23(14-16-24)25(28)27-26-19(3)20-9-11-22(12-10-20)21-7-5-4-6-8-21/h4-16,18H,17H2,1-3H3,(H,27,28). The van der Waals surface area contributed by atoms with E-state index in [-0.39, 0.29) is 5.91 Å². The van der Waals surface area contributed by atoms with Gasteiger partial charge >= 0.3 is 0 Å². The van der Waals surface area contributed by atoms with Gasteiger partial charge in [-0.25, -0.2) is 5.43 Å². The number of carbonyl (C=O) groups is 1. The Hall–Kier alpha value is -3.40. The van der Waals surface area contributed by atoms with Crippen LogP contribution in [0, 0.1) is 5.92 Å². The quantitative estimate of drug-likeness (QED) is 0.428. The van der Waals surface area contributed by atoms with Crippen molar-refractivity contribution in [3.05, 3.63) is 90.0 Å². The van der Waals surface area contributed by atoms with E-state index in [0.717, 1.165) is 22.6 Å². The van der Waals surface area contributed by atoms with Crippen molar-refractivity contribution in [2.24, 2.45) is 11.0 Å². The first kappa shape index (κ1) is 20.3. The minimum Gasteiger partial charge on any atom is -0.493 e. The van der Waals surface area contributed by atoms with E-state index in [1.807, 2.05) is 37.3 Å². The molecule has 0 unspecified atom stereocenters. The smallest absolute Gasteiger partial charge is 0.271 e. The van der Waals surface area contributed by atoms with Crippen molar-refractivity contribution in [2.45, 2.75) is 20.8 Å². The number of carbonyl (C=O) groups excluding carboxylic acids is 1. The van der Waals surface area contributed by atoms with E-state index in [1.54, 1.807) is 24.3 Å². The number of hydrogen-bond donors (Lipinski definition) is 1. The van der Waals surface area contributed by atoms with Gasteiger partial charge in [-0.2, -0.15) is 5.10 Å². The molecule has 3 aromatic rings. The van der Waals surface area contributed by atoms with Crippen LogP contribution in [0.15, 0.2) is 84.0 Å². The average Bonchev–Trinajstić information content (AvgIpc) is 2.77. The fraction of sp³-hybridized carbons (Fsp3) is 0.200. The molecule has 3 rings (SSSR count). The molecule has 0 aliphatic heterocycles. The molecule has 0 atom stereocenters. The molecule has 1 amide bonds. The van der Waals surface area contributed by atoms with Crippen molar-refractivity contribution in [1.82, 2.24) is 5.43 Å². The molecular formula is C25H26N2O2. The molecule has 1 N–H and O–H groups in total. The molecule has 148 valence electrons. The number of hydrazone groups is 1. The van der Waals surface area contributed by atoms with Crippen LogP contribution in [0.5, 0.6) is 5.75 Å². The van der Waals surface area contributed by atoms with Crippen molar-refractivity contribution in [3.8, 4) is 16.9 Å². The maximum Gasteiger partial charge on any atom is 0.271 e. The Morgan fingerprint density at radius 3 is 2.07 bits per heavy atom. The second kappa shape index (κ2) is 9.69. The normalized spacial score (nSPS) is 11.4. The molecular weight excluding hydrogens is 360 g/mol. The Morgan fingerprint density at radius 2 is 1.45 bits per heavy atom. The highest BCUT2D eigenvalue weighted by Crippen LogP contribution is 2.19. The highest BCUT2D eigenvalue weighted by molar-refractivity contribution is 6.01. The van der Waals surface area contributed by atoms with E-state index in [9.17, 15) is 4.79 Å². The Kier molecular flexibility index (Phi) is 6.80. The Labute approximate surface area is 172 Å². The highest BCUT2D eigenvalue weighted by atomic mass is 16.5. The van der Waals surface area contributed by atoms with Gasteiger partial charge < -0.3 is 4.74 Å². The summed E-state index contributed by atoms with van der Waals surface area (Å²) in [6.45, 7) is 6.72. The summed E-state index contributed by atoms with van der Waals surface area (Å²) < 4.78 is 5.64. The molecule has 0 heterocycles. The van der Waals surface area contributed by atoms with Crippen LogP contribution in [0.1, 0.15) is 36.7 Å². The first-order valence-corrected chi connectivity index (χ1v) is 9.76. The second-order valence-electron chi connectivity index (χ2n) is 7.31. The summed E-state index contributed by atoms with van der Waals surface area (Å²) in [6.07, 6.45) is 0. The monoisotopic (exact) mass is 386 g/mol. The summed E-state index contributed by atoms with van der Waals surface area (Å²) in [5, 5.41) is 4.24. The van der Waals surface area contributed by atoms with Gasteiger partial charge in [0.05, 0.1) is 12.3 Å². The van der Waals surface area contributed by atoms with E-state index in [0.29, 0.717) is 18.1 Å². The fourth-order valence-corrected chi connectivity index (χ4v) is 2.76. The predicted octanol–water partition coefficient (Wildman–Crippen LogP) is 5.54. The lowest BCUT2D eigenvalue weighted by atomic mass is 10.0. The van der Waals surface area contributed by atoms with Gasteiger partial charge in [-0.05, 0) is 53.8 Å². The number of rotatable bonds is 7. The van der Waals surface area contributed by atoms with Crippen LogP contribution in [0.3, 0.4) is 0 Å². The second-order valence-corrected chi connectivity index (χ2v) is 7.31. The Morgan fingerprint density at radius 1 is 0.862 bits per heavy atom. The lowest BCUT2D eigenvalue weighted by Crippen LogP contribution is -2.19. The molecule has 0 saturated carbocycles. The number of nitrogens with one attached hydrogen (secondary N) is 1. The van der Waals surface area contributed by atoms with Crippen LogP contribution in [0.4, 0.5) is 0 Å². The minimum atomic E-state index is -0.249. The molecule has 4 nitrogen and oxygen atoms in total. The van der Waals surface area contributed by atoms with Crippen molar-refractivity contribution >= 4 is 11.6 Å². The summed E-state index contributed by atoms with van der Waals surface area (Å²) in [6, 6.07) is 25.4. The topological polar surface area (TPSA) is 50.7 Å². The van der Waals surface area contributed by atoms with E-state index in [2.05, 4.69) is 48.6 Å². The fourth-order valence-electron chi connectivity index (χ4n) is 2.76. The highest BCUT2D eigenvalue weighted by Gasteiger charge is 2.06. The van der Waals surface area contributed by atoms with Crippen molar-refractivity contribution in [2.75, 3.05) is 6.61 Å². The first-order valence-electron chi connectivity index (χ1n) is 9.76. The van der Waals surface area contributed by atoms with Gasteiger partial charge in [0.25, 0.3) is 5.91 Å². The lowest BCUT2D eigenvalue weighted by Gasteiger charge is -2.09. The van der Waals surface area contributed by atoms with Crippen molar-refractivity contribution < 1.29 is 9.53 Å². The zero-order chi connectivity index (χ0) is 20.6. The Bertz CT molecular complexity index is 960. The number of nitrogens with zero attached hydrogens (tertiary/aromatic N) is 1. The average molecular weight is 386 g/mol. The van der Waals surface area contributed by atoms with Crippen LogP contribution in [-0.2, 0) is 0 Å². The van der Waals surface area contributed by atoms with Crippen LogP contribution < -0.4 is 10.2 Å². The zero-order valence-corrected chi connectivity index (χ0v) is 17.1. The molecule has 3 aromatic carbocycles.